The Bertz CT molecular complexity index is 788. The van der Waals surface area contributed by atoms with Gasteiger partial charge in [-0.1, -0.05) is 43.7 Å². The second-order valence-corrected chi connectivity index (χ2v) is 8.45. The van der Waals surface area contributed by atoms with E-state index in [1.54, 1.807) is 0 Å². The fraction of sp³-hybridized carbons (Fsp3) is 0.476. The Kier molecular flexibility index (Phi) is 3.10. The van der Waals surface area contributed by atoms with E-state index in [-0.39, 0.29) is 14.2 Å². The first-order valence-electron chi connectivity index (χ1n) is 8.70. The number of nitrogens with one attached hydrogen (secondary N) is 1. The summed E-state index contributed by atoms with van der Waals surface area (Å²) in [5.74, 6) is 0.916. The lowest BCUT2D eigenvalue weighted by Crippen LogP contribution is -2.17. The van der Waals surface area contributed by atoms with E-state index in [4.69, 9.17) is 0 Å². The maximum absolute atomic E-state index is 12.0. The summed E-state index contributed by atoms with van der Waals surface area (Å²) in [5.41, 5.74) is 2.96. The minimum Gasteiger partial charge on any atom is -0.326 e. The number of benzene rings is 2. The number of rotatable bonds is 2. The van der Waals surface area contributed by atoms with E-state index in [0.717, 1.165) is 23.9 Å². The Morgan fingerprint density at radius 1 is 1.09 bits per heavy atom. The van der Waals surface area contributed by atoms with Crippen molar-refractivity contribution in [2.24, 2.45) is 16.7 Å². The molecule has 0 unspecified atom stereocenters. The molecule has 1 amide bonds. The Labute approximate surface area is 141 Å². The molecule has 2 nitrogen and oxygen atoms in total. The molecule has 3 saturated carbocycles. The van der Waals surface area contributed by atoms with Crippen LogP contribution in [-0.4, -0.2) is 5.91 Å². The zero-order chi connectivity index (χ0) is 16.2. The molecule has 124 valence electrons. The highest BCUT2D eigenvalue weighted by Gasteiger charge is 2.74. The molecule has 1 N–H and O–H groups in total. The van der Waals surface area contributed by atoms with Crippen molar-refractivity contribution in [1.82, 2.24) is 0 Å². The molecule has 0 saturated heterocycles. The fourth-order valence-corrected chi connectivity index (χ4v) is 3.02. The average Bonchev–Trinajstić information content (AvgIpc) is 3.36. The molecule has 2 aromatic carbocycles. The van der Waals surface area contributed by atoms with Gasteiger partial charge in [0.2, 0.25) is 5.91 Å². The molecule has 0 bridgehead atoms. The zero-order valence-electron chi connectivity index (χ0n) is 14.3. The molecule has 2 aromatic rings. The Balaban J connectivity index is 0.000000282. The third kappa shape index (κ3) is 2.99. The molecule has 0 heterocycles. The number of hydrogen-bond donors (Lipinski definition) is 1. The van der Waals surface area contributed by atoms with Crippen LogP contribution in [0.4, 0.5) is 5.69 Å². The van der Waals surface area contributed by atoms with Crippen molar-refractivity contribution in [2.75, 3.05) is 5.32 Å². The summed E-state index contributed by atoms with van der Waals surface area (Å²) in [4.78, 5) is 12.0. The lowest BCUT2D eigenvalue weighted by molar-refractivity contribution is -0.119. The van der Waals surface area contributed by atoms with E-state index in [1.807, 2.05) is 6.07 Å². The molecular formula is C21H29NO. The standard InChI is InChI=1S/C16H15NO.C5H10.2H2/c1-10-2-3-11-4-5-14(7-12(11)6-10)17-15(18)16-8-13(16)9-16;1-5(2)3-4-5;;/h2-7,13H,8-9H2,1H3,(H,17,18);3-4H2,1-2H3;2*1H. The molecular weight excluding hydrogens is 282 g/mol. The highest BCUT2D eigenvalue weighted by molar-refractivity contribution is 6.01. The van der Waals surface area contributed by atoms with Crippen molar-refractivity contribution in [1.29, 1.82) is 0 Å². The molecule has 3 aliphatic carbocycles. The second kappa shape index (κ2) is 4.83. The van der Waals surface area contributed by atoms with E-state index in [1.165, 1.54) is 29.2 Å². The quantitative estimate of drug-likeness (QED) is 0.746. The monoisotopic (exact) mass is 311 g/mol. The third-order valence-electron chi connectivity index (χ3n) is 5.64. The van der Waals surface area contributed by atoms with Gasteiger partial charge >= 0.3 is 0 Å². The largest absolute Gasteiger partial charge is 0.326 e. The van der Waals surface area contributed by atoms with Crippen LogP contribution in [0.1, 0.15) is 47.9 Å². The predicted octanol–water partition coefficient (Wildman–Crippen LogP) is 5.80. The summed E-state index contributed by atoms with van der Waals surface area (Å²) in [6.07, 6.45) is 5.11. The third-order valence-corrected chi connectivity index (χ3v) is 5.64. The topological polar surface area (TPSA) is 29.1 Å². The fourth-order valence-electron chi connectivity index (χ4n) is 3.02. The summed E-state index contributed by atoms with van der Waals surface area (Å²) in [6.45, 7) is 6.68. The van der Waals surface area contributed by atoms with Gasteiger partial charge in [-0.2, -0.15) is 0 Å². The zero-order valence-corrected chi connectivity index (χ0v) is 14.3. The SMILES string of the molecule is CC1(C)CC1.Cc1ccc2ccc(NC(=O)C34CC3C4)cc2c1.[HH].[HH]. The van der Waals surface area contributed by atoms with Crippen LogP contribution in [0.2, 0.25) is 0 Å². The molecule has 5 rings (SSSR count). The van der Waals surface area contributed by atoms with E-state index >= 15 is 0 Å². The van der Waals surface area contributed by atoms with Crippen molar-refractivity contribution >= 4 is 22.4 Å². The molecule has 0 atom stereocenters. The maximum Gasteiger partial charge on any atom is 0.230 e. The smallest absolute Gasteiger partial charge is 0.230 e. The first kappa shape index (κ1) is 14.7. The molecule has 0 spiro atoms. The Hall–Kier alpha value is -1.83. The predicted molar refractivity (Wildman–Crippen MR) is 99.7 cm³/mol. The first-order chi connectivity index (χ1) is 10.9. The number of hydrogen-bond acceptors (Lipinski definition) is 1. The highest BCUT2D eigenvalue weighted by atomic mass is 16.2. The van der Waals surface area contributed by atoms with Gasteiger partial charge in [-0.05, 0) is 66.8 Å². The summed E-state index contributed by atoms with van der Waals surface area (Å²) in [5, 5.41) is 5.46. The highest BCUT2D eigenvalue weighted by Crippen LogP contribution is 2.75. The van der Waals surface area contributed by atoms with Crippen LogP contribution < -0.4 is 5.32 Å². The van der Waals surface area contributed by atoms with Crippen LogP contribution in [0, 0.1) is 23.7 Å². The van der Waals surface area contributed by atoms with Gasteiger partial charge in [0.15, 0.2) is 0 Å². The Morgan fingerprint density at radius 3 is 2.26 bits per heavy atom. The van der Waals surface area contributed by atoms with Gasteiger partial charge < -0.3 is 5.32 Å². The number of carbonyl (C=O) groups excluding carboxylic acids is 1. The van der Waals surface area contributed by atoms with Gasteiger partial charge in [0.1, 0.15) is 0 Å². The van der Waals surface area contributed by atoms with Crippen LogP contribution >= 0.6 is 0 Å². The molecule has 0 radical (unpaired) electrons. The van der Waals surface area contributed by atoms with Gasteiger partial charge in [0, 0.05) is 8.54 Å². The number of carbonyl (C=O) groups is 1. The minimum atomic E-state index is 0. The second-order valence-electron chi connectivity index (χ2n) is 8.45. The van der Waals surface area contributed by atoms with Crippen LogP contribution in [0.3, 0.4) is 0 Å². The summed E-state index contributed by atoms with van der Waals surface area (Å²) in [6, 6.07) is 12.5. The van der Waals surface area contributed by atoms with Crippen LogP contribution in [0.5, 0.6) is 0 Å². The molecule has 3 aliphatic rings. The molecule has 3 fully saturated rings. The van der Waals surface area contributed by atoms with E-state index in [0.29, 0.717) is 5.92 Å². The van der Waals surface area contributed by atoms with E-state index in [9.17, 15) is 4.79 Å². The van der Waals surface area contributed by atoms with E-state index in [2.05, 4.69) is 56.4 Å². The van der Waals surface area contributed by atoms with Gasteiger partial charge in [0.05, 0.1) is 5.41 Å². The van der Waals surface area contributed by atoms with E-state index < -0.39 is 0 Å². The van der Waals surface area contributed by atoms with Crippen molar-refractivity contribution in [3.8, 4) is 0 Å². The lowest BCUT2D eigenvalue weighted by Gasteiger charge is -2.08. The van der Waals surface area contributed by atoms with Crippen molar-refractivity contribution in [2.45, 2.75) is 46.5 Å². The lowest BCUT2D eigenvalue weighted by atomic mass is 10.1. The molecule has 23 heavy (non-hydrogen) atoms. The van der Waals surface area contributed by atoms with Gasteiger partial charge in [-0.3, -0.25) is 4.79 Å². The van der Waals surface area contributed by atoms with Crippen molar-refractivity contribution in [3.05, 3.63) is 42.0 Å². The summed E-state index contributed by atoms with van der Waals surface area (Å²) in [7, 11) is 0. The van der Waals surface area contributed by atoms with Crippen LogP contribution in [-0.2, 0) is 4.79 Å². The molecule has 2 heteroatoms. The maximum atomic E-state index is 12.0. The van der Waals surface area contributed by atoms with Gasteiger partial charge in [-0.15, -0.1) is 0 Å². The van der Waals surface area contributed by atoms with Gasteiger partial charge in [0.25, 0.3) is 0 Å². The van der Waals surface area contributed by atoms with Crippen LogP contribution in [0.15, 0.2) is 36.4 Å². The summed E-state index contributed by atoms with van der Waals surface area (Å²) < 4.78 is 0. The number of amides is 1. The average molecular weight is 311 g/mol. The molecule has 0 aliphatic heterocycles. The minimum absolute atomic E-state index is 0. The molecule has 0 aromatic heterocycles. The van der Waals surface area contributed by atoms with Crippen LogP contribution in [0.25, 0.3) is 10.8 Å². The summed E-state index contributed by atoms with van der Waals surface area (Å²) >= 11 is 0. The first-order valence-corrected chi connectivity index (χ1v) is 8.70. The van der Waals surface area contributed by atoms with Gasteiger partial charge in [-0.25, -0.2) is 0 Å². The number of fused-ring (bicyclic) bond motifs is 2. The number of anilines is 1. The number of aryl methyl sites for hydroxylation is 1. The van der Waals surface area contributed by atoms with Crippen molar-refractivity contribution in [3.63, 3.8) is 0 Å². The normalized spacial score (nSPS) is 28.2. The Morgan fingerprint density at radius 2 is 1.70 bits per heavy atom. The van der Waals surface area contributed by atoms with Crippen molar-refractivity contribution < 1.29 is 7.65 Å².